The third-order valence-electron chi connectivity index (χ3n) is 4.36. The summed E-state index contributed by atoms with van der Waals surface area (Å²) in [7, 11) is -3.81. The first-order chi connectivity index (χ1) is 15.7. The van der Waals surface area contributed by atoms with Crippen LogP contribution in [-0.2, 0) is 21.4 Å². The third-order valence-corrected chi connectivity index (χ3v) is 5.74. The number of ether oxygens (including phenoxy) is 1. The number of carbonyl (C=O) groups excluding carboxylic acids is 1. The number of nitrogens with zero attached hydrogens (tertiary/aromatic N) is 2. The number of sulfonamides is 1. The summed E-state index contributed by atoms with van der Waals surface area (Å²) in [4.78, 5) is 12.2. The van der Waals surface area contributed by atoms with Gasteiger partial charge in [-0.2, -0.15) is 5.10 Å². The first kappa shape index (κ1) is 24.2. The van der Waals surface area contributed by atoms with Gasteiger partial charge in [0.25, 0.3) is 5.91 Å². The van der Waals surface area contributed by atoms with Gasteiger partial charge in [0.15, 0.2) is 0 Å². The molecule has 1 amide bonds. The van der Waals surface area contributed by atoms with Crippen LogP contribution in [0.5, 0.6) is 5.75 Å². The fraction of sp³-hybridized carbons (Fsp3) is 0.130. The number of hydrogen-bond donors (Lipinski definition) is 1. The third kappa shape index (κ3) is 7.58. The highest BCUT2D eigenvalue weighted by molar-refractivity contribution is 7.92. The van der Waals surface area contributed by atoms with Crippen LogP contribution in [0.3, 0.4) is 0 Å². The summed E-state index contributed by atoms with van der Waals surface area (Å²) < 4.78 is 44.0. The molecule has 3 aromatic rings. The summed E-state index contributed by atoms with van der Waals surface area (Å²) in [6, 6.07) is 19.4. The minimum Gasteiger partial charge on any atom is -0.489 e. The lowest BCUT2D eigenvalue weighted by atomic mass is 10.2. The van der Waals surface area contributed by atoms with Crippen molar-refractivity contribution in [3.05, 3.63) is 94.8 Å². The lowest BCUT2D eigenvalue weighted by Crippen LogP contribution is -2.39. The number of hydrogen-bond acceptors (Lipinski definition) is 5. The molecule has 0 saturated heterocycles. The van der Waals surface area contributed by atoms with E-state index in [0.717, 1.165) is 22.2 Å². The minimum absolute atomic E-state index is 0.0463. The van der Waals surface area contributed by atoms with Crippen molar-refractivity contribution >= 4 is 39.4 Å². The Labute approximate surface area is 196 Å². The van der Waals surface area contributed by atoms with Crippen LogP contribution in [-0.4, -0.2) is 33.3 Å². The molecule has 7 nitrogen and oxygen atoms in total. The van der Waals surface area contributed by atoms with Crippen molar-refractivity contribution in [2.24, 2.45) is 5.10 Å². The zero-order chi connectivity index (χ0) is 23.8. The van der Waals surface area contributed by atoms with E-state index >= 15 is 0 Å². The van der Waals surface area contributed by atoms with Crippen LogP contribution in [0.4, 0.5) is 10.1 Å². The standard InChI is InChI=1S/C23H21ClFN3O4S/c1-33(30,31)28(21-7-3-6-20(25)13-21)15-23(29)27-26-14-17-8-10-22(11-9-17)32-16-18-4-2-5-19(24)12-18/h2-14H,15-16H2,1H3,(H,27,29)/b26-14-. The molecule has 1 N–H and O–H groups in total. The maximum atomic E-state index is 13.5. The maximum Gasteiger partial charge on any atom is 0.260 e. The lowest BCUT2D eigenvalue weighted by Gasteiger charge is -2.21. The van der Waals surface area contributed by atoms with E-state index in [1.54, 1.807) is 30.3 Å². The van der Waals surface area contributed by atoms with E-state index in [9.17, 15) is 17.6 Å². The van der Waals surface area contributed by atoms with Crippen molar-refractivity contribution in [2.45, 2.75) is 6.61 Å². The fourth-order valence-electron chi connectivity index (χ4n) is 2.82. The van der Waals surface area contributed by atoms with Crippen molar-refractivity contribution in [3.63, 3.8) is 0 Å². The molecular formula is C23H21ClFN3O4S. The van der Waals surface area contributed by atoms with Crippen LogP contribution in [0.2, 0.25) is 5.02 Å². The van der Waals surface area contributed by atoms with Gasteiger partial charge in [0.05, 0.1) is 18.2 Å². The molecule has 0 spiro atoms. The molecule has 0 atom stereocenters. The summed E-state index contributed by atoms with van der Waals surface area (Å²) in [6.45, 7) is -0.178. The van der Waals surface area contributed by atoms with Gasteiger partial charge in [0.1, 0.15) is 24.7 Å². The highest BCUT2D eigenvalue weighted by Crippen LogP contribution is 2.18. The van der Waals surface area contributed by atoms with E-state index in [-0.39, 0.29) is 5.69 Å². The predicted molar refractivity (Wildman–Crippen MR) is 127 cm³/mol. The first-order valence-electron chi connectivity index (χ1n) is 9.73. The quantitative estimate of drug-likeness (QED) is 0.364. The fourth-order valence-corrected chi connectivity index (χ4v) is 3.88. The molecular weight excluding hydrogens is 469 g/mol. The van der Waals surface area contributed by atoms with Crippen molar-refractivity contribution < 1.29 is 22.3 Å². The van der Waals surface area contributed by atoms with Gasteiger partial charge in [-0.1, -0.05) is 29.8 Å². The minimum atomic E-state index is -3.81. The first-order valence-corrected chi connectivity index (χ1v) is 12.0. The van der Waals surface area contributed by atoms with Gasteiger partial charge in [-0.05, 0) is 65.7 Å². The van der Waals surface area contributed by atoms with E-state index in [1.807, 2.05) is 18.2 Å². The monoisotopic (exact) mass is 489 g/mol. The second-order valence-electron chi connectivity index (χ2n) is 7.03. The summed E-state index contributed by atoms with van der Waals surface area (Å²) in [5.74, 6) is -0.642. The van der Waals surface area contributed by atoms with E-state index in [4.69, 9.17) is 16.3 Å². The Kier molecular flexibility index (Phi) is 8.02. The molecule has 0 aliphatic heterocycles. The van der Waals surface area contributed by atoms with Crippen molar-refractivity contribution in [1.82, 2.24) is 5.43 Å². The van der Waals surface area contributed by atoms with Gasteiger partial charge in [0.2, 0.25) is 10.0 Å². The SMILES string of the molecule is CS(=O)(=O)N(CC(=O)N/N=C\c1ccc(OCc2cccc(Cl)c2)cc1)c1cccc(F)c1. The molecule has 10 heteroatoms. The summed E-state index contributed by atoms with van der Waals surface area (Å²) in [6.07, 6.45) is 2.34. The predicted octanol–water partition coefficient (Wildman–Crippen LogP) is 3.97. The maximum absolute atomic E-state index is 13.5. The van der Waals surface area contributed by atoms with E-state index in [2.05, 4.69) is 10.5 Å². The van der Waals surface area contributed by atoms with Crippen LogP contribution in [0.15, 0.2) is 77.9 Å². The van der Waals surface area contributed by atoms with Crippen LogP contribution in [0.1, 0.15) is 11.1 Å². The second-order valence-corrected chi connectivity index (χ2v) is 9.37. The number of halogens is 2. The van der Waals surface area contributed by atoms with Gasteiger partial charge in [-0.25, -0.2) is 18.2 Å². The van der Waals surface area contributed by atoms with Crippen LogP contribution in [0.25, 0.3) is 0 Å². The molecule has 0 unspecified atom stereocenters. The van der Waals surface area contributed by atoms with Crippen molar-refractivity contribution in [1.29, 1.82) is 0 Å². The smallest absolute Gasteiger partial charge is 0.260 e. The lowest BCUT2D eigenvalue weighted by molar-refractivity contribution is -0.119. The summed E-state index contributed by atoms with van der Waals surface area (Å²) >= 11 is 5.96. The Hall–Kier alpha value is -3.43. The second kappa shape index (κ2) is 10.9. The number of carbonyl (C=O) groups is 1. The molecule has 0 heterocycles. The Balaban J connectivity index is 1.54. The van der Waals surface area contributed by atoms with E-state index in [0.29, 0.717) is 22.9 Å². The Morgan fingerprint density at radius 1 is 1.12 bits per heavy atom. The van der Waals surface area contributed by atoms with Gasteiger partial charge in [0, 0.05) is 5.02 Å². The number of hydrazone groups is 1. The Bertz CT molecular complexity index is 1250. The number of anilines is 1. The normalized spacial score (nSPS) is 11.4. The molecule has 172 valence electrons. The molecule has 0 fully saturated rings. The topological polar surface area (TPSA) is 88.1 Å². The number of nitrogens with one attached hydrogen (secondary N) is 1. The molecule has 0 aliphatic carbocycles. The van der Waals surface area contributed by atoms with Crippen LogP contribution < -0.4 is 14.5 Å². The highest BCUT2D eigenvalue weighted by atomic mass is 35.5. The summed E-state index contributed by atoms with van der Waals surface area (Å²) in [5.41, 5.74) is 3.95. The molecule has 0 aliphatic rings. The molecule has 3 aromatic carbocycles. The van der Waals surface area contributed by atoms with Crippen molar-refractivity contribution in [3.8, 4) is 5.75 Å². The van der Waals surface area contributed by atoms with Crippen LogP contribution >= 0.6 is 11.6 Å². The van der Waals surface area contributed by atoms with Gasteiger partial charge in [-0.15, -0.1) is 0 Å². The number of benzene rings is 3. The van der Waals surface area contributed by atoms with Gasteiger partial charge < -0.3 is 4.74 Å². The molecule has 0 aromatic heterocycles. The average molecular weight is 490 g/mol. The average Bonchev–Trinajstić information content (AvgIpc) is 2.76. The van der Waals surface area contributed by atoms with Gasteiger partial charge in [-0.3, -0.25) is 9.10 Å². The zero-order valence-corrected chi connectivity index (χ0v) is 19.2. The highest BCUT2D eigenvalue weighted by Gasteiger charge is 2.21. The van der Waals surface area contributed by atoms with E-state index < -0.39 is 28.3 Å². The number of amides is 1. The Morgan fingerprint density at radius 3 is 2.52 bits per heavy atom. The number of rotatable bonds is 9. The molecule has 0 saturated carbocycles. The Morgan fingerprint density at radius 2 is 1.85 bits per heavy atom. The van der Waals surface area contributed by atoms with E-state index in [1.165, 1.54) is 24.4 Å². The largest absolute Gasteiger partial charge is 0.489 e. The van der Waals surface area contributed by atoms with Crippen molar-refractivity contribution in [2.75, 3.05) is 17.1 Å². The summed E-state index contributed by atoms with van der Waals surface area (Å²) in [5, 5.41) is 4.48. The van der Waals surface area contributed by atoms with Gasteiger partial charge >= 0.3 is 0 Å². The molecule has 0 radical (unpaired) electrons. The molecule has 33 heavy (non-hydrogen) atoms. The zero-order valence-electron chi connectivity index (χ0n) is 17.6. The molecule has 3 rings (SSSR count). The molecule has 0 bridgehead atoms. The van der Waals surface area contributed by atoms with Crippen LogP contribution in [0, 0.1) is 5.82 Å².